The summed E-state index contributed by atoms with van der Waals surface area (Å²) in [6.07, 6.45) is 2.78. The van der Waals surface area contributed by atoms with Crippen molar-refractivity contribution in [3.05, 3.63) is 41.6 Å². The number of hydrogen-bond acceptors (Lipinski definition) is 4. The molecule has 3 rings (SSSR count). The van der Waals surface area contributed by atoms with Gasteiger partial charge in [0.2, 0.25) is 5.91 Å². The number of aromatic nitrogens is 1. The van der Waals surface area contributed by atoms with Crippen molar-refractivity contribution in [1.82, 2.24) is 9.88 Å². The minimum Gasteiger partial charge on any atom is -0.369 e. The molecule has 1 aliphatic heterocycles. The molecular formula is C18H20N4O. The van der Waals surface area contributed by atoms with E-state index in [4.69, 9.17) is 5.73 Å². The Bertz CT molecular complexity index is 780. The van der Waals surface area contributed by atoms with Gasteiger partial charge in [-0.1, -0.05) is 19.1 Å². The van der Waals surface area contributed by atoms with Crippen LogP contribution in [0.4, 0.5) is 0 Å². The molecule has 0 unspecified atom stereocenters. The van der Waals surface area contributed by atoms with E-state index < -0.39 is 0 Å². The molecule has 0 radical (unpaired) electrons. The summed E-state index contributed by atoms with van der Waals surface area (Å²) in [5.74, 6) is 0.525. The van der Waals surface area contributed by atoms with Crippen LogP contribution in [0.1, 0.15) is 30.4 Å². The van der Waals surface area contributed by atoms with Gasteiger partial charge in [0.15, 0.2) is 0 Å². The maximum absolute atomic E-state index is 11.2. The molecule has 0 aliphatic carbocycles. The second-order valence-corrected chi connectivity index (χ2v) is 6.41. The van der Waals surface area contributed by atoms with Gasteiger partial charge < -0.3 is 5.73 Å². The summed E-state index contributed by atoms with van der Waals surface area (Å²) in [5, 5.41) is 10.3. The molecule has 1 fully saturated rings. The first-order valence-electron chi connectivity index (χ1n) is 7.87. The van der Waals surface area contributed by atoms with Crippen molar-refractivity contribution >= 4 is 16.8 Å². The molecule has 118 valence electrons. The zero-order valence-corrected chi connectivity index (χ0v) is 13.2. The molecule has 1 aromatic heterocycles. The molecule has 1 aromatic carbocycles. The van der Waals surface area contributed by atoms with E-state index in [2.05, 4.69) is 22.9 Å². The average molecular weight is 308 g/mol. The number of benzene rings is 1. The van der Waals surface area contributed by atoms with E-state index in [0.29, 0.717) is 23.9 Å². The van der Waals surface area contributed by atoms with Gasteiger partial charge in [-0.05, 0) is 36.0 Å². The number of likely N-dealkylation sites (tertiary alicyclic amines) is 1. The van der Waals surface area contributed by atoms with Crippen molar-refractivity contribution in [2.45, 2.75) is 19.3 Å². The third-order valence-corrected chi connectivity index (χ3v) is 4.48. The minimum absolute atomic E-state index is 0.288. The van der Waals surface area contributed by atoms with Gasteiger partial charge in [-0.15, -0.1) is 0 Å². The second kappa shape index (κ2) is 6.35. The zero-order valence-electron chi connectivity index (χ0n) is 13.2. The number of piperidine rings is 1. The van der Waals surface area contributed by atoms with Crippen LogP contribution < -0.4 is 5.73 Å². The number of nitriles is 1. The summed E-state index contributed by atoms with van der Waals surface area (Å²) < 4.78 is 0. The van der Waals surface area contributed by atoms with Gasteiger partial charge in [-0.3, -0.25) is 14.7 Å². The Hall–Kier alpha value is -2.45. The molecule has 2 atom stereocenters. The number of carbonyl (C=O) groups excluding carboxylic acids is 1. The van der Waals surface area contributed by atoms with Gasteiger partial charge in [0.1, 0.15) is 6.07 Å². The second-order valence-electron chi connectivity index (χ2n) is 6.41. The first-order chi connectivity index (χ1) is 11.1. The van der Waals surface area contributed by atoms with Crippen molar-refractivity contribution in [2.75, 3.05) is 19.6 Å². The number of primary amides is 1. The van der Waals surface area contributed by atoms with Gasteiger partial charge in [-0.2, -0.15) is 5.26 Å². The predicted molar refractivity (Wildman–Crippen MR) is 88.6 cm³/mol. The average Bonchev–Trinajstić information content (AvgIpc) is 2.52. The molecule has 2 aromatic rings. The van der Waals surface area contributed by atoms with Crippen molar-refractivity contribution in [2.24, 2.45) is 11.7 Å². The van der Waals surface area contributed by atoms with E-state index in [1.807, 2.05) is 24.3 Å². The molecule has 1 saturated heterocycles. The van der Waals surface area contributed by atoms with E-state index in [0.717, 1.165) is 30.4 Å². The fourth-order valence-electron chi connectivity index (χ4n) is 3.68. The molecule has 1 amide bonds. The van der Waals surface area contributed by atoms with E-state index in [9.17, 15) is 10.1 Å². The van der Waals surface area contributed by atoms with E-state index in [-0.39, 0.29) is 5.91 Å². The van der Waals surface area contributed by atoms with Crippen LogP contribution in [0.25, 0.3) is 10.9 Å². The van der Waals surface area contributed by atoms with Crippen molar-refractivity contribution in [3.8, 4) is 6.07 Å². The number of nitrogens with two attached hydrogens (primary N) is 1. The number of amides is 1. The lowest BCUT2D eigenvalue weighted by Crippen LogP contribution is -2.43. The van der Waals surface area contributed by atoms with E-state index in [1.54, 1.807) is 6.20 Å². The van der Waals surface area contributed by atoms with E-state index in [1.165, 1.54) is 5.56 Å². The lowest BCUT2D eigenvalue weighted by molar-refractivity contribution is -0.119. The molecule has 23 heavy (non-hydrogen) atoms. The van der Waals surface area contributed by atoms with Crippen LogP contribution in [0.3, 0.4) is 0 Å². The molecule has 0 bridgehead atoms. The topological polar surface area (TPSA) is 83.0 Å². The Labute approximate surface area is 135 Å². The third-order valence-electron chi connectivity index (χ3n) is 4.48. The monoisotopic (exact) mass is 308 g/mol. The summed E-state index contributed by atoms with van der Waals surface area (Å²) in [7, 11) is 0. The molecule has 2 N–H and O–H groups in total. The molecular weight excluding hydrogens is 288 g/mol. The highest BCUT2D eigenvalue weighted by Crippen LogP contribution is 2.34. The number of hydrogen-bond donors (Lipinski definition) is 1. The molecule has 2 heterocycles. The van der Waals surface area contributed by atoms with Gasteiger partial charge >= 0.3 is 0 Å². The Balaban J connectivity index is 1.99. The van der Waals surface area contributed by atoms with Gasteiger partial charge in [0.25, 0.3) is 0 Å². The highest BCUT2D eigenvalue weighted by atomic mass is 16.1. The highest BCUT2D eigenvalue weighted by molar-refractivity contribution is 5.87. The smallest absolute Gasteiger partial charge is 0.231 e. The summed E-state index contributed by atoms with van der Waals surface area (Å²) in [6.45, 7) is 4.20. The Morgan fingerprint density at radius 2 is 2.26 bits per heavy atom. The Morgan fingerprint density at radius 1 is 1.43 bits per heavy atom. The first-order valence-corrected chi connectivity index (χ1v) is 7.87. The number of nitrogens with zero attached hydrogens (tertiary/aromatic N) is 3. The van der Waals surface area contributed by atoms with Crippen LogP contribution in [-0.2, 0) is 4.79 Å². The predicted octanol–water partition coefficient (Wildman–Crippen LogP) is 2.02. The standard InChI is InChI=1S/C18H20N4O/c1-12-7-14(10-22(9-12)11-17(20)23)15-5-4-13(8-19)18-16(15)3-2-6-21-18/h2-6,12,14H,7,9-11H2,1H3,(H2,20,23)/t12-,14+/m1/s1. The minimum atomic E-state index is -0.288. The normalized spacial score (nSPS) is 21.9. The van der Waals surface area contributed by atoms with Gasteiger partial charge in [0, 0.05) is 24.7 Å². The van der Waals surface area contributed by atoms with Crippen LogP contribution in [-0.4, -0.2) is 35.4 Å². The lowest BCUT2D eigenvalue weighted by Gasteiger charge is -2.36. The molecule has 5 nitrogen and oxygen atoms in total. The lowest BCUT2D eigenvalue weighted by atomic mass is 9.83. The number of rotatable bonds is 3. The van der Waals surface area contributed by atoms with Crippen molar-refractivity contribution < 1.29 is 4.79 Å². The van der Waals surface area contributed by atoms with Crippen LogP contribution in [0.2, 0.25) is 0 Å². The van der Waals surface area contributed by atoms with Crippen molar-refractivity contribution in [1.29, 1.82) is 5.26 Å². The number of fused-ring (bicyclic) bond motifs is 1. The Kier molecular flexibility index (Phi) is 4.26. The van der Waals surface area contributed by atoms with Crippen molar-refractivity contribution in [3.63, 3.8) is 0 Å². The first kappa shape index (κ1) is 15.4. The molecule has 0 saturated carbocycles. The van der Waals surface area contributed by atoms with Gasteiger partial charge in [0.05, 0.1) is 17.6 Å². The SMILES string of the molecule is C[C@@H]1C[C@H](c2ccc(C#N)c3ncccc23)CN(CC(N)=O)C1. The number of pyridine rings is 1. The summed E-state index contributed by atoms with van der Waals surface area (Å²) >= 11 is 0. The maximum atomic E-state index is 11.2. The third kappa shape index (κ3) is 3.17. The summed E-state index contributed by atoms with van der Waals surface area (Å²) in [4.78, 5) is 17.8. The summed E-state index contributed by atoms with van der Waals surface area (Å²) in [5.41, 5.74) is 7.91. The summed E-state index contributed by atoms with van der Waals surface area (Å²) in [6, 6.07) is 10.0. The zero-order chi connectivity index (χ0) is 16.4. The highest BCUT2D eigenvalue weighted by Gasteiger charge is 2.28. The van der Waals surface area contributed by atoms with Crippen LogP contribution >= 0.6 is 0 Å². The fraction of sp³-hybridized carbons (Fsp3) is 0.389. The molecule has 0 spiro atoms. The maximum Gasteiger partial charge on any atom is 0.231 e. The largest absolute Gasteiger partial charge is 0.369 e. The number of carbonyl (C=O) groups is 1. The Morgan fingerprint density at radius 3 is 3.00 bits per heavy atom. The molecule has 5 heteroatoms. The van der Waals surface area contributed by atoms with E-state index >= 15 is 0 Å². The molecule has 1 aliphatic rings. The van der Waals surface area contributed by atoms with Crippen LogP contribution in [0.5, 0.6) is 0 Å². The quantitative estimate of drug-likeness (QED) is 0.940. The van der Waals surface area contributed by atoms with Gasteiger partial charge in [-0.25, -0.2) is 0 Å². The van der Waals surface area contributed by atoms with Crippen LogP contribution in [0, 0.1) is 17.2 Å². The fourth-order valence-corrected chi connectivity index (χ4v) is 3.68. The van der Waals surface area contributed by atoms with Crippen LogP contribution in [0.15, 0.2) is 30.5 Å².